The fourth-order valence-corrected chi connectivity index (χ4v) is 6.36. The van der Waals surface area contributed by atoms with E-state index in [0.717, 1.165) is 32.8 Å². The minimum atomic E-state index is -1.08. The molecule has 1 spiro atoms. The molecular formula is C28H20Cl2N4OS. The molecular weight excluding hydrogens is 511 g/mol. The molecule has 1 aromatic heterocycles. The molecule has 2 unspecified atom stereocenters. The second kappa shape index (κ2) is 8.89. The maximum atomic E-state index is 13.4. The third kappa shape index (κ3) is 3.48. The van der Waals surface area contributed by atoms with Gasteiger partial charge in [0, 0.05) is 10.6 Å². The Morgan fingerprint density at radius 3 is 2.58 bits per heavy atom. The first kappa shape index (κ1) is 23.0. The smallest absolute Gasteiger partial charge is 0.254 e. The van der Waals surface area contributed by atoms with E-state index in [9.17, 15) is 4.79 Å². The van der Waals surface area contributed by atoms with Gasteiger partial charge in [0.05, 0.1) is 21.6 Å². The van der Waals surface area contributed by atoms with Crippen molar-refractivity contribution in [3.8, 4) is 0 Å². The van der Waals surface area contributed by atoms with Crippen LogP contribution in [0.25, 0.3) is 16.3 Å². The lowest BCUT2D eigenvalue weighted by molar-refractivity contribution is -0.125. The summed E-state index contributed by atoms with van der Waals surface area (Å²) in [6.45, 7) is 1.93. The second-order valence-electron chi connectivity index (χ2n) is 8.55. The zero-order valence-electron chi connectivity index (χ0n) is 19.2. The van der Waals surface area contributed by atoms with Crippen LogP contribution in [0.15, 0.2) is 102 Å². The predicted octanol–water partition coefficient (Wildman–Crippen LogP) is 7.14. The zero-order valence-corrected chi connectivity index (χ0v) is 21.5. The van der Waals surface area contributed by atoms with E-state index in [4.69, 9.17) is 33.3 Å². The Balaban J connectivity index is 1.53. The van der Waals surface area contributed by atoms with E-state index in [1.54, 1.807) is 11.0 Å². The van der Waals surface area contributed by atoms with Gasteiger partial charge in [0.25, 0.3) is 5.91 Å². The monoisotopic (exact) mass is 530 g/mol. The summed E-state index contributed by atoms with van der Waals surface area (Å²) in [6.07, 6.45) is 5.97. The summed E-state index contributed by atoms with van der Waals surface area (Å²) in [6, 6.07) is 25.3. The molecule has 4 aromatic rings. The highest BCUT2D eigenvalue weighted by Crippen LogP contribution is 2.53. The van der Waals surface area contributed by atoms with E-state index in [1.807, 2.05) is 103 Å². The van der Waals surface area contributed by atoms with E-state index in [0.29, 0.717) is 10.2 Å². The van der Waals surface area contributed by atoms with Crippen molar-refractivity contribution >= 4 is 73.3 Å². The number of nitrogens with zero attached hydrogens (tertiary/aromatic N) is 4. The summed E-state index contributed by atoms with van der Waals surface area (Å²) in [5, 5.41) is 6.96. The topological polar surface area (TPSA) is 48.8 Å². The highest BCUT2D eigenvalue weighted by molar-refractivity contribution is 7.22. The van der Waals surface area contributed by atoms with Crippen LogP contribution in [0.2, 0.25) is 5.02 Å². The lowest BCUT2D eigenvalue weighted by atomic mass is 9.83. The van der Waals surface area contributed by atoms with Gasteiger partial charge in [-0.05, 0) is 42.8 Å². The van der Waals surface area contributed by atoms with Crippen molar-refractivity contribution in [2.75, 3.05) is 9.91 Å². The Morgan fingerprint density at radius 1 is 1.03 bits per heavy atom. The molecule has 0 radical (unpaired) electrons. The molecule has 8 heteroatoms. The number of thiazole rings is 1. The van der Waals surface area contributed by atoms with E-state index in [1.165, 1.54) is 11.3 Å². The quantitative estimate of drug-likeness (QED) is 0.208. The Hall–Kier alpha value is -3.45. The first-order chi connectivity index (χ1) is 17.5. The minimum Gasteiger partial charge on any atom is -0.272 e. The molecule has 2 aliphatic heterocycles. The molecule has 0 aliphatic carbocycles. The first-order valence-electron chi connectivity index (χ1n) is 11.4. The van der Waals surface area contributed by atoms with E-state index in [2.05, 4.69) is 0 Å². The van der Waals surface area contributed by atoms with Gasteiger partial charge in [0.1, 0.15) is 0 Å². The van der Waals surface area contributed by atoms with E-state index >= 15 is 0 Å². The standard InChI is InChI=1S/C28H20Cl2N4OS/c1-18-22(14-7-11-19-9-3-2-4-10-19)28(34(32-18)21-13-8-12-20(29)17-21)25(30)26(35)33(28)27-31-23-15-5-6-16-24(23)36-27/h2-17,25H,1H3/b11-7+,22-14+. The highest BCUT2D eigenvalue weighted by atomic mass is 35.5. The molecule has 0 N–H and O–H groups in total. The molecule has 1 amide bonds. The van der Waals surface area contributed by atoms with Crippen LogP contribution in [-0.2, 0) is 4.79 Å². The fourth-order valence-electron chi connectivity index (χ4n) is 4.74. The number of rotatable bonds is 4. The van der Waals surface area contributed by atoms with Crippen molar-refractivity contribution < 1.29 is 4.79 Å². The van der Waals surface area contributed by atoms with Crippen LogP contribution in [0.3, 0.4) is 0 Å². The number of hydrazone groups is 1. The van der Waals surface area contributed by atoms with Gasteiger partial charge in [-0.3, -0.25) is 9.69 Å². The molecule has 2 aliphatic rings. The number of allylic oxidation sites excluding steroid dienone is 2. The minimum absolute atomic E-state index is 0.217. The van der Waals surface area contributed by atoms with Crippen LogP contribution in [0, 0.1) is 0 Å². The third-order valence-corrected chi connectivity index (χ3v) is 8.12. The predicted molar refractivity (Wildman–Crippen MR) is 150 cm³/mol. The van der Waals surface area contributed by atoms with Crippen molar-refractivity contribution in [2.24, 2.45) is 5.10 Å². The number of carbonyl (C=O) groups is 1. The molecule has 0 bridgehead atoms. The van der Waals surface area contributed by atoms with Crippen molar-refractivity contribution in [2.45, 2.75) is 18.0 Å². The molecule has 178 valence electrons. The Morgan fingerprint density at radius 2 is 1.81 bits per heavy atom. The van der Waals surface area contributed by atoms with Gasteiger partial charge in [-0.2, -0.15) is 5.10 Å². The number of aromatic nitrogens is 1. The molecule has 3 heterocycles. The Kier molecular flexibility index (Phi) is 5.67. The van der Waals surface area contributed by atoms with Crippen molar-refractivity contribution in [3.63, 3.8) is 0 Å². The number of halogens is 2. The number of alkyl halides is 1. The molecule has 2 atom stereocenters. The SMILES string of the molecule is CC1=NN(c2cccc(Cl)c2)C2(/C1=C/C=C/c1ccccc1)C(Cl)C(=O)N2c1nc2ccccc2s1. The normalized spacial score (nSPS) is 22.8. The zero-order chi connectivity index (χ0) is 24.9. The molecule has 3 aromatic carbocycles. The summed E-state index contributed by atoms with van der Waals surface area (Å²) in [5.74, 6) is -0.217. The molecule has 1 fully saturated rings. The van der Waals surface area contributed by atoms with Crippen LogP contribution in [0.1, 0.15) is 12.5 Å². The molecule has 0 saturated carbocycles. The number of amides is 1. The number of hydrogen-bond acceptors (Lipinski definition) is 5. The maximum Gasteiger partial charge on any atom is 0.254 e. The number of β-lactam (4-membered cyclic amide) rings is 1. The van der Waals surface area contributed by atoms with Gasteiger partial charge >= 0.3 is 0 Å². The Labute approximate surface area is 222 Å². The van der Waals surface area contributed by atoms with Crippen molar-refractivity contribution in [1.29, 1.82) is 0 Å². The van der Waals surface area contributed by atoms with Crippen LogP contribution >= 0.6 is 34.5 Å². The van der Waals surface area contributed by atoms with E-state index in [-0.39, 0.29) is 5.91 Å². The van der Waals surface area contributed by atoms with Gasteiger partial charge in [0.15, 0.2) is 16.2 Å². The lowest BCUT2D eigenvalue weighted by Crippen LogP contribution is -2.79. The number of fused-ring (bicyclic) bond motifs is 1. The lowest BCUT2D eigenvalue weighted by Gasteiger charge is -2.55. The van der Waals surface area contributed by atoms with Gasteiger partial charge < -0.3 is 0 Å². The number of para-hydroxylation sites is 1. The number of anilines is 2. The summed E-state index contributed by atoms with van der Waals surface area (Å²) < 4.78 is 0.993. The van der Waals surface area contributed by atoms with Crippen LogP contribution in [0.4, 0.5) is 10.8 Å². The van der Waals surface area contributed by atoms with Crippen molar-refractivity contribution in [3.05, 3.63) is 107 Å². The van der Waals surface area contributed by atoms with Crippen LogP contribution in [-0.4, -0.2) is 27.6 Å². The van der Waals surface area contributed by atoms with E-state index < -0.39 is 11.0 Å². The fraction of sp³-hybridized carbons (Fsp3) is 0.107. The molecule has 6 rings (SSSR count). The summed E-state index contributed by atoms with van der Waals surface area (Å²) >= 11 is 14.7. The largest absolute Gasteiger partial charge is 0.272 e. The van der Waals surface area contributed by atoms with Crippen LogP contribution in [0.5, 0.6) is 0 Å². The van der Waals surface area contributed by atoms with Gasteiger partial charge in [-0.15, -0.1) is 11.6 Å². The van der Waals surface area contributed by atoms with Gasteiger partial charge in [0.2, 0.25) is 0 Å². The molecule has 1 saturated heterocycles. The summed E-state index contributed by atoms with van der Waals surface area (Å²) in [5.41, 5.74) is 3.14. The third-order valence-electron chi connectivity index (χ3n) is 6.37. The first-order valence-corrected chi connectivity index (χ1v) is 13.0. The number of benzene rings is 3. The van der Waals surface area contributed by atoms with Gasteiger partial charge in [-0.1, -0.05) is 89.7 Å². The number of carbonyl (C=O) groups excluding carboxylic acids is 1. The average molecular weight is 531 g/mol. The average Bonchev–Trinajstić information content (AvgIpc) is 3.44. The number of hydrogen-bond donors (Lipinski definition) is 0. The van der Waals surface area contributed by atoms with Crippen molar-refractivity contribution in [1.82, 2.24) is 4.98 Å². The van der Waals surface area contributed by atoms with Crippen LogP contribution < -0.4 is 9.91 Å². The Bertz CT molecular complexity index is 1550. The van der Waals surface area contributed by atoms with Gasteiger partial charge in [-0.25, -0.2) is 9.99 Å². The summed E-state index contributed by atoms with van der Waals surface area (Å²) in [4.78, 5) is 19.9. The highest BCUT2D eigenvalue weighted by Gasteiger charge is 2.69. The second-order valence-corrected chi connectivity index (χ2v) is 10.4. The maximum absolute atomic E-state index is 13.4. The summed E-state index contributed by atoms with van der Waals surface area (Å²) in [7, 11) is 0. The molecule has 36 heavy (non-hydrogen) atoms. The molecule has 5 nitrogen and oxygen atoms in total.